The second kappa shape index (κ2) is 10.4. The van der Waals surface area contributed by atoms with E-state index in [-0.39, 0.29) is 0 Å². The van der Waals surface area contributed by atoms with E-state index >= 15 is 0 Å². The zero-order chi connectivity index (χ0) is 22.5. The number of hydrogen-bond acceptors (Lipinski definition) is 2. The van der Waals surface area contributed by atoms with Crippen LogP contribution in [0.2, 0.25) is 0 Å². The molecule has 0 aromatic heterocycles. The van der Waals surface area contributed by atoms with Crippen LogP contribution in [0.1, 0.15) is 44.1 Å². The van der Waals surface area contributed by atoms with Crippen molar-refractivity contribution in [3.63, 3.8) is 0 Å². The van der Waals surface area contributed by atoms with Gasteiger partial charge in [-0.2, -0.15) is 0 Å². The van der Waals surface area contributed by atoms with Crippen LogP contribution in [0.4, 0.5) is 0 Å². The monoisotopic (exact) mass is 438 g/mol. The van der Waals surface area contributed by atoms with Gasteiger partial charge in [-0.25, -0.2) is 0 Å². The quantitative estimate of drug-likeness (QED) is 0.576. The first-order valence-corrected chi connectivity index (χ1v) is 12.4. The smallest absolute Gasteiger partial charge is 0.118 e. The maximum atomic E-state index is 5.33. The minimum absolute atomic E-state index is 0.596. The molecule has 3 aliphatic carbocycles. The molecule has 1 aliphatic heterocycles. The lowest BCUT2D eigenvalue weighted by atomic mass is 9.69. The standard InChI is InChI=1S/C26H26O.C5H8O/c1-27-21-13-10-18(11-14-21)16-20-17-26-22-7-3-2-6-19(22)12-15-25(26)24-9-5-4-8-23(20)24;1-2-4-6-5-3-1/h2-3,6-8,10-14,20H,4-5,9,15-17H2,1H3;1-2H,3-5H2. The molecule has 6 rings (SSSR count). The van der Waals surface area contributed by atoms with Crippen molar-refractivity contribution in [3.8, 4) is 5.75 Å². The molecule has 0 saturated carbocycles. The van der Waals surface area contributed by atoms with Gasteiger partial charge < -0.3 is 9.47 Å². The van der Waals surface area contributed by atoms with Gasteiger partial charge in [0.05, 0.1) is 20.3 Å². The molecule has 2 aromatic rings. The SMILES string of the molecule is C1=CCOCC1.COc1ccc(CC2CC3=c4ccccc4=CCC3=C3CCCC=C32)cc1. The highest BCUT2D eigenvalue weighted by Crippen LogP contribution is 2.45. The molecule has 4 aliphatic rings. The van der Waals surface area contributed by atoms with E-state index in [2.05, 4.69) is 66.8 Å². The van der Waals surface area contributed by atoms with Crippen LogP contribution in [-0.2, 0) is 11.2 Å². The van der Waals surface area contributed by atoms with Crippen LogP contribution in [0.25, 0.3) is 11.6 Å². The molecule has 2 heteroatoms. The fourth-order valence-corrected chi connectivity index (χ4v) is 5.60. The minimum atomic E-state index is 0.596. The lowest BCUT2D eigenvalue weighted by molar-refractivity contribution is 0.158. The summed E-state index contributed by atoms with van der Waals surface area (Å²) in [7, 11) is 1.73. The topological polar surface area (TPSA) is 18.5 Å². The molecule has 33 heavy (non-hydrogen) atoms. The van der Waals surface area contributed by atoms with E-state index < -0.39 is 0 Å². The molecular formula is C31H34O2. The van der Waals surface area contributed by atoms with Crippen molar-refractivity contribution in [1.29, 1.82) is 0 Å². The first kappa shape index (κ1) is 22.0. The number of rotatable bonds is 3. The summed E-state index contributed by atoms with van der Waals surface area (Å²) in [5.41, 5.74) is 7.95. The first-order chi connectivity index (χ1) is 16.3. The van der Waals surface area contributed by atoms with Crippen LogP contribution >= 0.6 is 0 Å². The normalized spacial score (nSPS) is 20.9. The highest BCUT2D eigenvalue weighted by Gasteiger charge is 2.31. The Kier molecular flexibility index (Phi) is 6.92. The average molecular weight is 439 g/mol. The van der Waals surface area contributed by atoms with E-state index in [1.165, 1.54) is 41.7 Å². The van der Waals surface area contributed by atoms with E-state index in [1.54, 1.807) is 29.4 Å². The molecule has 0 N–H and O–H groups in total. The minimum Gasteiger partial charge on any atom is -0.497 e. The van der Waals surface area contributed by atoms with Crippen molar-refractivity contribution in [2.75, 3.05) is 20.3 Å². The summed E-state index contributed by atoms with van der Waals surface area (Å²) in [5.74, 6) is 1.53. The molecule has 0 spiro atoms. The maximum absolute atomic E-state index is 5.33. The second-order valence-electron chi connectivity index (χ2n) is 9.27. The van der Waals surface area contributed by atoms with Gasteiger partial charge >= 0.3 is 0 Å². The zero-order valence-electron chi connectivity index (χ0n) is 19.7. The van der Waals surface area contributed by atoms with Crippen molar-refractivity contribution in [2.45, 2.75) is 44.9 Å². The summed E-state index contributed by atoms with van der Waals surface area (Å²) in [6.07, 6.45) is 17.4. The lowest BCUT2D eigenvalue weighted by Gasteiger charge is -2.36. The number of fused-ring (bicyclic) bond motifs is 3. The Morgan fingerprint density at radius 2 is 1.79 bits per heavy atom. The highest BCUT2D eigenvalue weighted by molar-refractivity contribution is 5.75. The summed E-state index contributed by atoms with van der Waals surface area (Å²) < 4.78 is 10.3. The van der Waals surface area contributed by atoms with Gasteiger partial charge in [-0.1, -0.05) is 60.7 Å². The third-order valence-corrected chi connectivity index (χ3v) is 7.23. The Morgan fingerprint density at radius 1 is 0.909 bits per heavy atom. The van der Waals surface area contributed by atoms with Crippen molar-refractivity contribution >= 4 is 11.6 Å². The number of methoxy groups -OCH3 is 1. The van der Waals surface area contributed by atoms with Crippen LogP contribution in [-0.4, -0.2) is 20.3 Å². The Morgan fingerprint density at radius 3 is 2.52 bits per heavy atom. The predicted octanol–water partition coefficient (Wildman–Crippen LogP) is 5.66. The van der Waals surface area contributed by atoms with Gasteiger partial charge in [0.15, 0.2) is 0 Å². The number of ether oxygens (including phenoxy) is 2. The van der Waals surface area contributed by atoms with Crippen molar-refractivity contribution < 1.29 is 9.47 Å². The number of hydrogen-bond donors (Lipinski definition) is 0. The molecule has 170 valence electrons. The summed E-state index contributed by atoms with van der Waals surface area (Å²) in [6, 6.07) is 17.6. The molecule has 2 nitrogen and oxygen atoms in total. The summed E-state index contributed by atoms with van der Waals surface area (Å²) >= 11 is 0. The van der Waals surface area contributed by atoms with Gasteiger partial charge in [-0.05, 0) is 101 Å². The molecule has 0 radical (unpaired) electrons. The molecule has 2 aromatic carbocycles. The van der Waals surface area contributed by atoms with E-state index in [1.807, 2.05) is 6.08 Å². The third kappa shape index (κ3) is 4.91. The first-order valence-electron chi connectivity index (χ1n) is 12.4. The van der Waals surface area contributed by atoms with Crippen molar-refractivity contribution in [2.24, 2.45) is 5.92 Å². The lowest BCUT2D eigenvalue weighted by Crippen LogP contribution is -2.33. The van der Waals surface area contributed by atoms with Crippen molar-refractivity contribution in [3.05, 3.63) is 99.5 Å². The summed E-state index contributed by atoms with van der Waals surface area (Å²) in [6.45, 7) is 1.73. The predicted molar refractivity (Wildman–Crippen MR) is 137 cm³/mol. The Bertz CT molecular complexity index is 1190. The van der Waals surface area contributed by atoms with E-state index in [4.69, 9.17) is 9.47 Å². The molecule has 1 heterocycles. The molecule has 1 unspecified atom stereocenters. The van der Waals surface area contributed by atoms with Gasteiger partial charge in [0.1, 0.15) is 5.75 Å². The second-order valence-corrected chi connectivity index (χ2v) is 9.27. The fourth-order valence-electron chi connectivity index (χ4n) is 5.60. The largest absolute Gasteiger partial charge is 0.497 e. The Balaban J connectivity index is 0.000000332. The number of allylic oxidation sites excluding steroid dienone is 4. The van der Waals surface area contributed by atoms with Crippen LogP contribution in [0.15, 0.2) is 83.5 Å². The molecule has 1 atom stereocenters. The average Bonchev–Trinajstić information content (AvgIpc) is 2.90. The zero-order valence-corrected chi connectivity index (χ0v) is 19.7. The van der Waals surface area contributed by atoms with Crippen LogP contribution < -0.4 is 15.2 Å². The molecule has 0 amide bonds. The maximum Gasteiger partial charge on any atom is 0.118 e. The van der Waals surface area contributed by atoms with Crippen LogP contribution in [0.5, 0.6) is 5.75 Å². The molecule has 0 saturated heterocycles. The van der Waals surface area contributed by atoms with Gasteiger partial charge in [-0.15, -0.1) is 0 Å². The molecule has 0 fully saturated rings. The van der Waals surface area contributed by atoms with Gasteiger partial charge in [0, 0.05) is 0 Å². The molecule has 0 bridgehead atoms. The van der Waals surface area contributed by atoms with Gasteiger partial charge in [-0.3, -0.25) is 0 Å². The fraction of sp³-hybridized carbons (Fsp3) is 0.355. The van der Waals surface area contributed by atoms with Gasteiger partial charge in [0.25, 0.3) is 0 Å². The number of benzene rings is 2. The van der Waals surface area contributed by atoms with Gasteiger partial charge in [0.2, 0.25) is 0 Å². The van der Waals surface area contributed by atoms with E-state index in [0.717, 1.165) is 38.2 Å². The third-order valence-electron chi connectivity index (χ3n) is 7.23. The van der Waals surface area contributed by atoms with Crippen molar-refractivity contribution in [1.82, 2.24) is 0 Å². The highest BCUT2D eigenvalue weighted by atomic mass is 16.5. The van der Waals surface area contributed by atoms with E-state index in [9.17, 15) is 0 Å². The van der Waals surface area contributed by atoms with Crippen LogP contribution in [0, 0.1) is 5.92 Å². The summed E-state index contributed by atoms with van der Waals surface area (Å²) in [5, 5.41) is 2.89. The Labute approximate surface area is 197 Å². The molecular weight excluding hydrogens is 404 g/mol. The van der Waals surface area contributed by atoms with Crippen LogP contribution in [0.3, 0.4) is 0 Å². The Hall–Kier alpha value is -2.84. The summed E-state index contributed by atoms with van der Waals surface area (Å²) in [4.78, 5) is 0. The van der Waals surface area contributed by atoms with E-state index in [0.29, 0.717) is 5.92 Å².